The lowest BCUT2D eigenvalue weighted by molar-refractivity contribution is 0.319. The maximum Gasteiger partial charge on any atom is 0.204 e. The number of rotatable bonds is 5. The average molecular weight is 434 g/mol. The van der Waals surface area contributed by atoms with Crippen molar-refractivity contribution in [2.75, 3.05) is 0 Å². The molecule has 0 bridgehead atoms. The fraction of sp³-hybridized carbons (Fsp3) is 0.320. The van der Waals surface area contributed by atoms with Crippen molar-refractivity contribution in [2.24, 2.45) is 0 Å². The van der Waals surface area contributed by atoms with Gasteiger partial charge in [-0.1, -0.05) is 67.1 Å². The van der Waals surface area contributed by atoms with Crippen LogP contribution in [0.1, 0.15) is 55.7 Å². The van der Waals surface area contributed by atoms with Crippen LogP contribution in [-0.4, -0.2) is 26.7 Å². The molecule has 3 atom stereocenters. The van der Waals surface area contributed by atoms with Gasteiger partial charge < -0.3 is 5.32 Å². The minimum absolute atomic E-state index is 0. The third-order valence-corrected chi connectivity index (χ3v) is 6.41. The zero-order chi connectivity index (χ0) is 20.3. The Morgan fingerprint density at radius 2 is 1.84 bits per heavy atom. The number of aromatic nitrogens is 4. The van der Waals surface area contributed by atoms with Crippen LogP contribution >= 0.6 is 12.4 Å². The number of fused-ring (bicyclic) bond motifs is 1. The van der Waals surface area contributed by atoms with Crippen LogP contribution in [0.3, 0.4) is 0 Å². The minimum Gasteiger partial charge on any atom is -0.307 e. The molecular formula is C25H28ClN5. The number of benzene rings is 3. The Bertz CT molecular complexity index is 1120. The molecule has 6 heteroatoms. The van der Waals surface area contributed by atoms with Crippen molar-refractivity contribution in [2.45, 2.75) is 50.6 Å². The van der Waals surface area contributed by atoms with Crippen molar-refractivity contribution in [3.05, 3.63) is 77.9 Å². The molecule has 1 heterocycles. The first-order chi connectivity index (χ1) is 14.8. The smallest absolute Gasteiger partial charge is 0.204 e. The summed E-state index contributed by atoms with van der Waals surface area (Å²) in [5, 5.41) is 21.1. The lowest BCUT2D eigenvalue weighted by Gasteiger charge is -2.32. The molecule has 4 aromatic rings. The summed E-state index contributed by atoms with van der Waals surface area (Å²) in [6.07, 6.45) is 4.87. The van der Waals surface area contributed by atoms with Gasteiger partial charge in [-0.25, -0.2) is 0 Å². The predicted octanol–water partition coefficient (Wildman–Crippen LogP) is 5.82. The van der Waals surface area contributed by atoms with Gasteiger partial charge in [0.05, 0.1) is 0 Å². The van der Waals surface area contributed by atoms with Gasteiger partial charge in [0.1, 0.15) is 0 Å². The number of aromatic amines is 1. The highest BCUT2D eigenvalue weighted by molar-refractivity contribution is 5.86. The molecule has 1 aliphatic carbocycles. The number of hydrogen-bond acceptors (Lipinski definition) is 4. The normalized spacial score (nSPS) is 19.6. The first-order valence-corrected chi connectivity index (χ1v) is 10.9. The van der Waals surface area contributed by atoms with Crippen LogP contribution in [0, 0.1) is 0 Å². The van der Waals surface area contributed by atoms with Gasteiger partial charge >= 0.3 is 0 Å². The molecule has 1 aromatic heterocycles. The zero-order valence-electron chi connectivity index (χ0n) is 17.7. The monoisotopic (exact) mass is 433 g/mol. The number of nitrogens with zero attached hydrogens (tertiary/aromatic N) is 3. The van der Waals surface area contributed by atoms with E-state index in [0.29, 0.717) is 23.8 Å². The number of halogens is 1. The third-order valence-electron chi connectivity index (χ3n) is 6.41. The van der Waals surface area contributed by atoms with Gasteiger partial charge in [0.15, 0.2) is 0 Å². The van der Waals surface area contributed by atoms with E-state index in [1.807, 2.05) is 0 Å². The highest BCUT2D eigenvalue weighted by atomic mass is 35.5. The van der Waals surface area contributed by atoms with E-state index in [2.05, 4.69) is 99.6 Å². The Labute approximate surface area is 189 Å². The zero-order valence-corrected chi connectivity index (χ0v) is 18.5. The van der Waals surface area contributed by atoms with E-state index >= 15 is 0 Å². The Balaban J connectivity index is 0.00000231. The Morgan fingerprint density at radius 3 is 2.71 bits per heavy atom. The van der Waals surface area contributed by atoms with Crippen LogP contribution in [0.2, 0.25) is 0 Å². The van der Waals surface area contributed by atoms with Crippen molar-refractivity contribution in [3.63, 3.8) is 0 Å². The summed E-state index contributed by atoms with van der Waals surface area (Å²) in [4.78, 5) is 0. The summed E-state index contributed by atoms with van der Waals surface area (Å²) in [5.74, 6) is 1.22. The van der Waals surface area contributed by atoms with Crippen LogP contribution in [0.25, 0.3) is 22.2 Å². The van der Waals surface area contributed by atoms with Gasteiger partial charge in [-0.15, -0.1) is 22.6 Å². The molecule has 0 spiro atoms. The Kier molecular flexibility index (Phi) is 6.64. The molecule has 160 valence electrons. The maximum atomic E-state index is 4.13. The van der Waals surface area contributed by atoms with Crippen molar-refractivity contribution < 1.29 is 0 Å². The molecule has 0 saturated heterocycles. The fourth-order valence-corrected chi connectivity index (χ4v) is 4.93. The quantitative estimate of drug-likeness (QED) is 0.416. The van der Waals surface area contributed by atoms with E-state index in [-0.39, 0.29) is 12.4 Å². The molecule has 1 aliphatic rings. The molecular weight excluding hydrogens is 406 g/mol. The molecule has 2 N–H and O–H groups in total. The van der Waals surface area contributed by atoms with Crippen molar-refractivity contribution in [1.29, 1.82) is 0 Å². The number of H-pyrrole nitrogens is 1. The number of hydrogen-bond donors (Lipinski definition) is 2. The fourth-order valence-electron chi connectivity index (χ4n) is 4.93. The van der Waals surface area contributed by atoms with Gasteiger partial charge in [-0.3, -0.25) is 0 Å². The lowest BCUT2D eigenvalue weighted by Crippen LogP contribution is -2.35. The molecule has 3 aromatic carbocycles. The standard InChI is InChI=1S/C25H27N5.ClH/c1-17(23-14-6-8-18-7-2-3-13-24(18)23)26-22-12-5-10-20(16-22)19-9-4-11-21(15-19)25-27-29-30-28-25;/h2-4,6-9,11,13-15,17,20,22,26H,5,10,12,16H2,1H3,(H,27,28,29,30);1H/t17-,20?,22?;/m1./s1. The van der Waals surface area contributed by atoms with E-state index in [1.54, 1.807) is 0 Å². The van der Waals surface area contributed by atoms with Gasteiger partial charge in [0.25, 0.3) is 0 Å². The van der Waals surface area contributed by atoms with E-state index in [4.69, 9.17) is 0 Å². The molecule has 5 rings (SSSR count). The van der Waals surface area contributed by atoms with Crippen LogP contribution in [0.4, 0.5) is 0 Å². The summed E-state index contributed by atoms with van der Waals surface area (Å²) in [6.45, 7) is 2.29. The Morgan fingerprint density at radius 1 is 1.00 bits per heavy atom. The first-order valence-electron chi connectivity index (χ1n) is 10.9. The van der Waals surface area contributed by atoms with E-state index < -0.39 is 0 Å². The van der Waals surface area contributed by atoms with E-state index in [1.165, 1.54) is 41.2 Å². The van der Waals surface area contributed by atoms with Crippen LogP contribution in [0.15, 0.2) is 66.7 Å². The summed E-state index contributed by atoms with van der Waals surface area (Å²) < 4.78 is 0. The molecule has 2 unspecified atom stereocenters. The maximum absolute atomic E-state index is 4.13. The van der Waals surface area contributed by atoms with Crippen LogP contribution in [0.5, 0.6) is 0 Å². The first kappa shape index (κ1) is 21.5. The molecule has 1 fully saturated rings. The molecule has 5 nitrogen and oxygen atoms in total. The Hall–Kier alpha value is -2.76. The van der Waals surface area contributed by atoms with Gasteiger partial charge in [0.2, 0.25) is 5.82 Å². The van der Waals surface area contributed by atoms with Gasteiger partial charge in [-0.05, 0) is 65.3 Å². The van der Waals surface area contributed by atoms with E-state index in [0.717, 1.165) is 12.0 Å². The van der Waals surface area contributed by atoms with Crippen LogP contribution in [-0.2, 0) is 0 Å². The summed E-state index contributed by atoms with van der Waals surface area (Å²) in [7, 11) is 0. The van der Waals surface area contributed by atoms with Crippen LogP contribution < -0.4 is 5.32 Å². The van der Waals surface area contributed by atoms with Gasteiger partial charge in [0, 0.05) is 17.6 Å². The highest BCUT2D eigenvalue weighted by Crippen LogP contribution is 2.35. The second-order valence-electron chi connectivity index (χ2n) is 8.38. The summed E-state index contributed by atoms with van der Waals surface area (Å²) in [5.41, 5.74) is 3.79. The topological polar surface area (TPSA) is 66.5 Å². The minimum atomic E-state index is 0. The highest BCUT2D eigenvalue weighted by Gasteiger charge is 2.25. The third kappa shape index (κ3) is 4.63. The van der Waals surface area contributed by atoms with Crippen molar-refractivity contribution in [3.8, 4) is 11.4 Å². The van der Waals surface area contributed by atoms with E-state index in [9.17, 15) is 0 Å². The molecule has 31 heavy (non-hydrogen) atoms. The largest absolute Gasteiger partial charge is 0.307 e. The molecule has 1 saturated carbocycles. The van der Waals surface area contributed by atoms with Gasteiger partial charge in [-0.2, -0.15) is 5.21 Å². The predicted molar refractivity (Wildman–Crippen MR) is 127 cm³/mol. The average Bonchev–Trinajstić information content (AvgIpc) is 3.34. The number of tetrazole rings is 1. The summed E-state index contributed by atoms with van der Waals surface area (Å²) in [6, 6.07) is 24.8. The van der Waals surface area contributed by atoms with Crippen molar-refractivity contribution in [1.82, 2.24) is 25.9 Å². The summed E-state index contributed by atoms with van der Waals surface area (Å²) >= 11 is 0. The molecule has 0 amide bonds. The SMILES string of the molecule is C[C@@H](NC1CCCC(c2cccc(-c3nn[nH]n3)c2)C1)c1cccc2ccccc12.Cl. The second kappa shape index (κ2) is 9.58. The molecule has 0 aliphatic heterocycles. The number of nitrogens with one attached hydrogen (secondary N) is 2. The second-order valence-corrected chi connectivity index (χ2v) is 8.38. The van der Waals surface area contributed by atoms with Crippen molar-refractivity contribution >= 4 is 23.2 Å². The molecule has 0 radical (unpaired) electrons. The lowest BCUT2D eigenvalue weighted by atomic mass is 9.80.